The third-order valence-corrected chi connectivity index (χ3v) is 3.71. The molecular weight excluding hydrogens is 257 g/mol. The quantitative estimate of drug-likeness (QED) is 0.934. The monoisotopic (exact) mass is 273 g/mol. The Hall–Kier alpha value is -2.17. The van der Waals surface area contributed by atoms with Crippen molar-refractivity contribution in [2.75, 3.05) is 6.54 Å². The maximum Gasteiger partial charge on any atom is 0.275 e. The number of halogens is 1. The van der Waals surface area contributed by atoms with Crippen molar-refractivity contribution in [1.29, 1.82) is 0 Å². The minimum absolute atomic E-state index is 0.126. The van der Waals surface area contributed by atoms with E-state index in [0.717, 1.165) is 17.7 Å². The lowest BCUT2D eigenvalue weighted by molar-refractivity contribution is 0.0741. The summed E-state index contributed by atoms with van der Waals surface area (Å²) >= 11 is 0. The molecule has 0 saturated heterocycles. The molecule has 0 saturated carbocycles. The van der Waals surface area contributed by atoms with E-state index >= 15 is 0 Å². The summed E-state index contributed by atoms with van der Waals surface area (Å²) in [7, 11) is 0. The molecule has 2 aromatic rings. The van der Waals surface area contributed by atoms with Gasteiger partial charge in [0.25, 0.3) is 5.91 Å². The van der Waals surface area contributed by atoms with Crippen LogP contribution in [0.1, 0.15) is 46.7 Å². The van der Waals surface area contributed by atoms with E-state index in [1.54, 1.807) is 23.1 Å². The third kappa shape index (κ3) is 1.73. The minimum Gasteiger partial charge on any atom is -0.326 e. The number of fused-ring (bicyclic) bond motifs is 1. The Morgan fingerprint density at radius 2 is 2.15 bits per heavy atom. The highest BCUT2D eigenvalue weighted by atomic mass is 19.1. The number of aromatic amines is 1. The minimum atomic E-state index is -0.377. The molecule has 1 aromatic carbocycles. The van der Waals surface area contributed by atoms with Crippen LogP contribution in [0.15, 0.2) is 24.3 Å². The Balaban J connectivity index is 2.17. The van der Waals surface area contributed by atoms with Crippen LogP contribution in [0.2, 0.25) is 0 Å². The molecule has 0 bridgehead atoms. The number of amides is 1. The van der Waals surface area contributed by atoms with E-state index in [2.05, 4.69) is 10.2 Å². The van der Waals surface area contributed by atoms with Gasteiger partial charge < -0.3 is 4.90 Å². The highest BCUT2D eigenvalue weighted by Crippen LogP contribution is 2.40. The summed E-state index contributed by atoms with van der Waals surface area (Å²) in [6, 6.07) is 6.23. The van der Waals surface area contributed by atoms with Crippen LogP contribution in [-0.2, 0) is 0 Å². The second-order valence-electron chi connectivity index (χ2n) is 5.03. The number of carbonyl (C=O) groups excluding carboxylic acids is 1. The summed E-state index contributed by atoms with van der Waals surface area (Å²) in [5.41, 5.74) is 2.57. The second-order valence-corrected chi connectivity index (χ2v) is 5.03. The number of rotatable bonds is 3. The zero-order valence-electron chi connectivity index (χ0n) is 11.5. The molecule has 20 heavy (non-hydrogen) atoms. The summed E-state index contributed by atoms with van der Waals surface area (Å²) in [6.07, 6.45) is 0.823. The van der Waals surface area contributed by atoms with Crippen molar-refractivity contribution in [3.63, 3.8) is 0 Å². The van der Waals surface area contributed by atoms with Gasteiger partial charge in [-0.3, -0.25) is 9.89 Å². The van der Waals surface area contributed by atoms with Gasteiger partial charge in [0.05, 0.1) is 6.04 Å². The fraction of sp³-hybridized carbons (Fsp3) is 0.333. The molecule has 0 aliphatic carbocycles. The van der Waals surface area contributed by atoms with Gasteiger partial charge in [-0.05, 0) is 19.4 Å². The van der Waals surface area contributed by atoms with Gasteiger partial charge in [-0.2, -0.15) is 5.10 Å². The highest BCUT2D eigenvalue weighted by Gasteiger charge is 2.41. The van der Waals surface area contributed by atoms with Gasteiger partial charge in [-0.25, -0.2) is 4.39 Å². The molecule has 0 unspecified atom stereocenters. The average Bonchev–Trinajstić information content (AvgIpc) is 2.93. The van der Waals surface area contributed by atoms with Gasteiger partial charge in [0.15, 0.2) is 5.69 Å². The lowest BCUT2D eigenvalue weighted by atomic mass is 9.98. The van der Waals surface area contributed by atoms with E-state index in [4.69, 9.17) is 0 Å². The highest BCUT2D eigenvalue weighted by molar-refractivity contribution is 5.98. The molecule has 2 heterocycles. The fourth-order valence-electron chi connectivity index (χ4n) is 2.84. The Morgan fingerprint density at radius 1 is 1.40 bits per heavy atom. The fourth-order valence-corrected chi connectivity index (χ4v) is 2.84. The molecule has 5 heteroatoms. The first-order chi connectivity index (χ1) is 9.65. The van der Waals surface area contributed by atoms with E-state index in [-0.39, 0.29) is 17.8 Å². The van der Waals surface area contributed by atoms with E-state index in [9.17, 15) is 9.18 Å². The van der Waals surface area contributed by atoms with Crippen LogP contribution < -0.4 is 0 Å². The predicted octanol–water partition coefficient (Wildman–Crippen LogP) is 2.81. The second kappa shape index (κ2) is 4.74. The predicted molar refractivity (Wildman–Crippen MR) is 72.9 cm³/mol. The van der Waals surface area contributed by atoms with Crippen LogP contribution in [0.4, 0.5) is 4.39 Å². The number of hydrogen-bond acceptors (Lipinski definition) is 2. The number of benzene rings is 1. The van der Waals surface area contributed by atoms with Crippen LogP contribution in [0.25, 0.3) is 0 Å². The maximum atomic E-state index is 14.1. The van der Waals surface area contributed by atoms with Crippen LogP contribution in [-0.4, -0.2) is 27.5 Å². The van der Waals surface area contributed by atoms with Crippen molar-refractivity contribution in [1.82, 2.24) is 15.1 Å². The topological polar surface area (TPSA) is 49.0 Å². The van der Waals surface area contributed by atoms with E-state index in [0.29, 0.717) is 17.8 Å². The number of hydrogen-bond donors (Lipinski definition) is 1. The third-order valence-electron chi connectivity index (χ3n) is 3.71. The number of nitrogens with zero attached hydrogens (tertiary/aromatic N) is 2. The first-order valence-electron chi connectivity index (χ1n) is 6.75. The summed E-state index contributed by atoms with van der Waals surface area (Å²) in [5, 5.41) is 6.91. The number of H-pyrrole nitrogens is 1. The van der Waals surface area contributed by atoms with E-state index in [1.165, 1.54) is 6.07 Å². The number of carbonyl (C=O) groups is 1. The molecule has 104 valence electrons. The summed E-state index contributed by atoms with van der Waals surface area (Å²) in [5.74, 6) is -0.417. The number of nitrogens with one attached hydrogen (secondary N) is 1. The molecule has 0 spiro atoms. The average molecular weight is 273 g/mol. The molecule has 4 nitrogen and oxygen atoms in total. The first kappa shape index (κ1) is 12.8. The maximum absolute atomic E-state index is 14.1. The molecule has 3 rings (SSSR count). The number of aryl methyl sites for hydroxylation is 1. The summed E-state index contributed by atoms with van der Waals surface area (Å²) in [4.78, 5) is 14.1. The normalized spacial score (nSPS) is 17.6. The first-order valence-corrected chi connectivity index (χ1v) is 6.75. The van der Waals surface area contributed by atoms with Gasteiger partial charge in [-0.1, -0.05) is 25.1 Å². The molecule has 0 fully saturated rings. The lowest BCUT2D eigenvalue weighted by Crippen LogP contribution is -2.30. The summed E-state index contributed by atoms with van der Waals surface area (Å²) in [6.45, 7) is 4.46. The van der Waals surface area contributed by atoms with Crippen molar-refractivity contribution in [3.05, 3.63) is 52.6 Å². The van der Waals surface area contributed by atoms with Crippen LogP contribution in [0.3, 0.4) is 0 Å². The molecule has 1 N–H and O–H groups in total. The zero-order valence-corrected chi connectivity index (χ0v) is 11.5. The molecule has 1 aromatic heterocycles. The SMILES string of the molecule is CCCN1C(=O)c2n[nH]c(C)c2[C@H]1c1ccccc1F. The summed E-state index contributed by atoms with van der Waals surface area (Å²) < 4.78 is 14.1. The van der Waals surface area contributed by atoms with Gasteiger partial charge in [0, 0.05) is 23.4 Å². The van der Waals surface area contributed by atoms with E-state index in [1.807, 2.05) is 13.8 Å². The molecule has 1 atom stereocenters. The smallest absolute Gasteiger partial charge is 0.275 e. The molecule has 1 aliphatic rings. The Labute approximate surface area is 116 Å². The molecule has 1 aliphatic heterocycles. The van der Waals surface area contributed by atoms with Crippen molar-refractivity contribution in [2.45, 2.75) is 26.3 Å². The van der Waals surface area contributed by atoms with Crippen LogP contribution >= 0.6 is 0 Å². The Bertz CT molecular complexity index is 665. The molecule has 0 radical (unpaired) electrons. The standard InChI is InChI=1S/C15H16FN3O/c1-3-8-19-14(10-6-4-5-7-11(10)16)12-9(2)17-18-13(12)15(19)20/h4-7,14H,3,8H2,1-2H3,(H,17,18)/t14-/m1/s1. The van der Waals surface area contributed by atoms with Gasteiger partial charge in [-0.15, -0.1) is 0 Å². The Kier molecular flexibility index (Phi) is 3.04. The zero-order chi connectivity index (χ0) is 14.3. The lowest BCUT2D eigenvalue weighted by Gasteiger charge is -2.26. The van der Waals surface area contributed by atoms with Gasteiger partial charge in [0.2, 0.25) is 0 Å². The van der Waals surface area contributed by atoms with Crippen LogP contribution in [0.5, 0.6) is 0 Å². The van der Waals surface area contributed by atoms with Crippen molar-refractivity contribution in [3.8, 4) is 0 Å². The van der Waals surface area contributed by atoms with Crippen molar-refractivity contribution in [2.24, 2.45) is 0 Å². The number of aromatic nitrogens is 2. The van der Waals surface area contributed by atoms with Crippen molar-refractivity contribution < 1.29 is 9.18 Å². The molecular formula is C15H16FN3O. The molecule has 1 amide bonds. The van der Waals surface area contributed by atoms with E-state index < -0.39 is 0 Å². The van der Waals surface area contributed by atoms with Gasteiger partial charge in [0.1, 0.15) is 5.82 Å². The largest absolute Gasteiger partial charge is 0.326 e. The Morgan fingerprint density at radius 3 is 2.85 bits per heavy atom. The van der Waals surface area contributed by atoms with Gasteiger partial charge >= 0.3 is 0 Å². The van der Waals surface area contributed by atoms with Crippen molar-refractivity contribution >= 4 is 5.91 Å². The van der Waals surface area contributed by atoms with Crippen LogP contribution in [0, 0.1) is 12.7 Å².